The number of fused-ring (bicyclic) bond motifs is 1. The van der Waals surface area contributed by atoms with Gasteiger partial charge in [0.05, 0.1) is 11.9 Å². The lowest BCUT2D eigenvalue weighted by molar-refractivity contribution is 0.461. The van der Waals surface area contributed by atoms with Crippen molar-refractivity contribution in [1.82, 2.24) is 24.1 Å². The van der Waals surface area contributed by atoms with Crippen molar-refractivity contribution in [3.8, 4) is 22.5 Å². The van der Waals surface area contributed by atoms with Gasteiger partial charge in [-0.3, -0.25) is 14.1 Å². The summed E-state index contributed by atoms with van der Waals surface area (Å²) in [5.41, 5.74) is 7.22. The summed E-state index contributed by atoms with van der Waals surface area (Å²) in [6, 6.07) is 41.9. The average molecular weight is 630 g/mol. The molecule has 0 fully saturated rings. The molecule has 4 heterocycles. The van der Waals surface area contributed by atoms with Crippen molar-refractivity contribution >= 4 is 28.2 Å². The van der Waals surface area contributed by atoms with Crippen LogP contribution in [-0.4, -0.2) is 24.1 Å². The van der Waals surface area contributed by atoms with Crippen molar-refractivity contribution in [2.45, 2.75) is 5.54 Å². The van der Waals surface area contributed by atoms with E-state index in [9.17, 15) is 0 Å². The predicted octanol–water partition coefficient (Wildman–Crippen LogP) is 7.70. The molecule has 0 amide bonds. The largest absolute Gasteiger partial charge is 0.294 e. The highest BCUT2D eigenvalue weighted by Gasteiger charge is 2.40. The van der Waals surface area contributed by atoms with E-state index in [4.69, 9.17) is 10.1 Å². The molecule has 40 heavy (non-hydrogen) atoms. The first-order valence-electron chi connectivity index (χ1n) is 13.1. The maximum absolute atomic E-state index is 5.38. The number of benzene rings is 3. The second kappa shape index (κ2) is 10.2. The first-order valence-corrected chi connectivity index (χ1v) is 14.1. The van der Waals surface area contributed by atoms with Gasteiger partial charge >= 0.3 is 0 Å². The van der Waals surface area contributed by atoms with E-state index >= 15 is 0 Å². The normalized spacial score (nSPS) is 11.6. The highest BCUT2D eigenvalue weighted by Crippen LogP contribution is 2.43. The van der Waals surface area contributed by atoms with Gasteiger partial charge in [-0.25, -0.2) is 4.98 Å². The first kappa shape index (κ1) is 24.5. The highest BCUT2D eigenvalue weighted by molar-refractivity contribution is 14.1. The van der Waals surface area contributed by atoms with E-state index in [0.29, 0.717) is 0 Å². The lowest BCUT2D eigenvalue weighted by Crippen LogP contribution is -2.38. The Labute approximate surface area is 246 Å². The molecule has 0 unspecified atom stereocenters. The summed E-state index contributed by atoms with van der Waals surface area (Å²) in [6.07, 6.45) is 8.00. The number of hydrogen-bond donors (Lipinski definition) is 0. The zero-order chi connectivity index (χ0) is 26.9. The zero-order valence-electron chi connectivity index (χ0n) is 21.5. The number of rotatable bonds is 6. The second-order valence-corrected chi connectivity index (χ2v) is 10.7. The smallest absolute Gasteiger partial charge is 0.138 e. The van der Waals surface area contributed by atoms with Crippen LogP contribution < -0.4 is 0 Å². The first-order chi connectivity index (χ1) is 19.7. The molecule has 6 heteroatoms. The molecule has 0 saturated carbocycles. The van der Waals surface area contributed by atoms with Gasteiger partial charge in [0.25, 0.3) is 0 Å². The third-order valence-corrected chi connectivity index (χ3v) is 8.11. The van der Waals surface area contributed by atoms with Crippen molar-refractivity contribution in [2.75, 3.05) is 0 Å². The molecule has 0 N–H and O–H groups in total. The number of hydrogen-bond acceptors (Lipinski definition) is 3. The van der Waals surface area contributed by atoms with Gasteiger partial charge in [0.15, 0.2) is 0 Å². The lowest BCUT2D eigenvalue weighted by Gasteiger charge is -2.36. The Morgan fingerprint density at radius 1 is 0.600 bits per heavy atom. The van der Waals surface area contributed by atoms with Gasteiger partial charge in [-0.15, -0.1) is 0 Å². The van der Waals surface area contributed by atoms with Crippen molar-refractivity contribution in [3.63, 3.8) is 0 Å². The fourth-order valence-corrected chi connectivity index (χ4v) is 6.02. The Morgan fingerprint density at radius 3 is 1.77 bits per heavy atom. The summed E-state index contributed by atoms with van der Waals surface area (Å²) in [5, 5.41) is 5.38. The van der Waals surface area contributed by atoms with Crippen LogP contribution >= 0.6 is 22.6 Å². The van der Waals surface area contributed by atoms with Crippen LogP contribution in [0.25, 0.3) is 28.2 Å². The van der Waals surface area contributed by atoms with E-state index in [0.717, 1.165) is 48.6 Å². The van der Waals surface area contributed by atoms with Crippen LogP contribution in [0.15, 0.2) is 146 Å². The van der Waals surface area contributed by atoms with Crippen LogP contribution in [0.5, 0.6) is 0 Å². The Bertz CT molecular complexity index is 1800. The molecule has 7 aromatic rings. The molecule has 0 aliphatic rings. The monoisotopic (exact) mass is 629 g/mol. The molecular weight excluding hydrogens is 605 g/mol. The lowest BCUT2D eigenvalue weighted by atomic mass is 9.77. The molecule has 0 saturated heterocycles. The number of halogens is 1. The zero-order valence-corrected chi connectivity index (χ0v) is 23.6. The molecule has 4 aromatic heterocycles. The van der Waals surface area contributed by atoms with E-state index in [1.807, 2.05) is 30.6 Å². The molecule has 0 atom stereocenters. The number of pyridine rings is 2. The van der Waals surface area contributed by atoms with Gasteiger partial charge < -0.3 is 0 Å². The third kappa shape index (κ3) is 4.03. The summed E-state index contributed by atoms with van der Waals surface area (Å²) in [5.74, 6) is 0. The Morgan fingerprint density at radius 2 is 1.20 bits per heavy atom. The molecule has 3 aromatic carbocycles. The van der Waals surface area contributed by atoms with Crippen LogP contribution in [0, 0.1) is 3.70 Å². The van der Waals surface area contributed by atoms with Gasteiger partial charge in [0.1, 0.15) is 20.6 Å². The summed E-state index contributed by atoms with van der Waals surface area (Å²) >= 11 is 2.32. The van der Waals surface area contributed by atoms with Gasteiger partial charge in [0, 0.05) is 29.7 Å². The number of nitrogens with zero attached hydrogens (tertiary/aromatic N) is 5. The summed E-state index contributed by atoms with van der Waals surface area (Å²) in [7, 11) is 0. The van der Waals surface area contributed by atoms with E-state index in [1.165, 1.54) is 0 Å². The van der Waals surface area contributed by atoms with E-state index in [1.54, 1.807) is 0 Å². The summed E-state index contributed by atoms with van der Waals surface area (Å²) < 4.78 is 5.28. The van der Waals surface area contributed by atoms with Crippen LogP contribution in [0.1, 0.15) is 16.7 Å². The SMILES string of the molecule is Ic1cnc2ccc(-c3cn(C(c4ccccc4)(c4ccccc4)c4ccccc4)nc3-c3ccccn3)cn12. The minimum atomic E-state index is -0.723. The molecule has 0 spiro atoms. The Hall–Kier alpha value is -4.56. The molecule has 0 bridgehead atoms. The van der Waals surface area contributed by atoms with E-state index in [-0.39, 0.29) is 0 Å². The topological polar surface area (TPSA) is 48.0 Å². The van der Waals surface area contributed by atoms with Gasteiger partial charge in [-0.1, -0.05) is 97.1 Å². The maximum Gasteiger partial charge on any atom is 0.138 e. The van der Waals surface area contributed by atoms with Gasteiger partial charge in [-0.05, 0) is 63.5 Å². The van der Waals surface area contributed by atoms with Crippen molar-refractivity contribution in [1.29, 1.82) is 0 Å². The molecule has 0 aliphatic carbocycles. The third-order valence-electron chi connectivity index (χ3n) is 7.31. The van der Waals surface area contributed by atoms with Crippen molar-refractivity contribution < 1.29 is 0 Å². The van der Waals surface area contributed by atoms with E-state index in [2.05, 4.69) is 152 Å². The maximum atomic E-state index is 5.38. The summed E-state index contributed by atoms with van der Waals surface area (Å²) in [6.45, 7) is 0. The molecule has 5 nitrogen and oxygen atoms in total. The van der Waals surface area contributed by atoms with Crippen LogP contribution in [0.3, 0.4) is 0 Å². The molecular formula is C34H24IN5. The minimum absolute atomic E-state index is 0.723. The summed E-state index contributed by atoms with van der Waals surface area (Å²) in [4.78, 5) is 9.24. The second-order valence-electron chi connectivity index (χ2n) is 9.59. The molecule has 0 radical (unpaired) electrons. The van der Waals surface area contributed by atoms with E-state index < -0.39 is 5.54 Å². The Balaban J connectivity index is 1.58. The van der Waals surface area contributed by atoms with Crippen molar-refractivity contribution in [2.24, 2.45) is 0 Å². The van der Waals surface area contributed by atoms with Crippen LogP contribution in [0.4, 0.5) is 0 Å². The number of imidazole rings is 1. The van der Waals surface area contributed by atoms with Gasteiger partial charge in [-0.2, -0.15) is 5.10 Å². The standard InChI is InChI=1S/C34H24IN5/c35-31-22-37-32-20-19-25(23-39(31)32)29-24-40(38-33(29)30-18-10-11-21-36-30)34(26-12-4-1-5-13-26,27-14-6-2-7-15-27)28-16-8-3-9-17-28/h1-24H. The quantitative estimate of drug-likeness (QED) is 0.140. The number of aromatic nitrogens is 5. The fraction of sp³-hybridized carbons (Fsp3) is 0.0294. The Kier molecular flexibility index (Phi) is 6.24. The fourth-order valence-electron chi connectivity index (χ4n) is 5.49. The molecule has 7 rings (SSSR count). The predicted molar refractivity (Wildman–Crippen MR) is 167 cm³/mol. The highest BCUT2D eigenvalue weighted by atomic mass is 127. The minimum Gasteiger partial charge on any atom is -0.294 e. The van der Waals surface area contributed by atoms with Crippen LogP contribution in [0.2, 0.25) is 0 Å². The molecule has 192 valence electrons. The van der Waals surface area contributed by atoms with Gasteiger partial charge in [0.2, 0.25) is 0 Å². The van der Waals surface area contributed by atoms with Crippen LogP contribution in [-0.2, 0) is 5.54 Å². The molecule has 0 aliphatic heterocycles. The average Bonchev–Trinajstić information content (AvgIpc) is 3.64. The van der Waals surface area contributed by atoms with Crippen molar-refractivity contribution in [3.05, 3.63) is 167 Å².